The zero-order valence-electron chi connectivity index (χ0n) is 41.9. The average Bonchev–Trinajstić information content (AvgIpc) is 3.48. The van der Waals surface area contributed by atoms with Gasteiger partial charge in [0, 0.05) is 21.5 Å². The van der Waals surface area contributed by atoms with Crippen molar-refractivity contribution < 1.29 is 44.9 Å². The van der Waals surface area contributed by atoms with Crippen molar-refractivity contribution >= 4 is 81.3 Å². The predicted octanol–water partition coefficient (Wildman–Crippen LogP) is 14.0. The number of hydrogen-bond acceptors (Lipinski definition) is 14. The van der Waals surface area contributed by atoms with Gasteiger partial charge in [-0.05, 0) is 63.0 Å². The van der Waals surface area contributed by atoms with E-state index < -0.39 is 48.0 Å². The summed E-state index contributed by atoms with van der Waals surface area (Å²) in [4.78, 5) is 17.7. The molecular weight excluding hydrogens is 1050 g/mol. The third-order valence-corrected chi connectivity index (χ3v) is 15.5. The summed E-state index contributed by atoms with van der Waals surface area (Å²) in [5.74, 6) is 0.203. The molecule has 0 saturated carbocycles. The maximum Gasteiger partial charge on any atom is 0.292 e. The maximum atomic E-state index is 14.4. The van der Waals surface area contributed by atoms with E-state index in [0.29, 0.717) is 28.6 Å². The minimum atomic E-state index is -5.70. The van der Waals surface area contributed by atoms with Crippen LogP contribution >= 0.6 is 0 Å². The molecular formula is C62H44N6O10S2. The highest BCUT2D eigenvalue weighted by Gasteiger charge is 2.54. The molecule has 0 amide bonds. The number of allylic oxidation sites excluding steroid dienone is 3. The number of rotatable bonds is 16. The van der Waals surface area contributed by atoms with Gasteiger partial charge < -0.3 is 29.6 Å². The molecule has 2 aromatic heterocycles. The van der Waals surface area contributed by atoms with Crippen LogP contribution in [0.4, 0.5) is 11.9 Å². The third-order valence-electron chi connectivity index (χ3n) is 13.1. The second kappa shape index (κ2) is 21.1. The quantitative estimate of drug-likeness (QED) is 0.0522. The molecule has 16 nitrogen and oxygen atoms in total. The Balaban J connectivity index is 1.06. The maximum absolute atomic E-state index is 14.4. The lowest BCUT2D eigenvalue weighted by Gasteiger charge is -2.40. The summed E-state index contributed by atoms with van der Waals surface area (Å²) >= 11 is 0. The van der Waals surface area contributed by atoms with Gasteiger partial charge in [-0.25, -0.2) is 0 Å². The molecule has 9 aromatic carbocycles. The van der Waals surface area contributed by atoms with E-state index in [2.05, 4.69) is 10.6 Å². The second-order valence-electron chi connectivity index (χ2n) is 18.4. The molecule has 18 heteroatoms. The molecule has 1 aliphatic rings. The van der Waals surface area contributed by atoms with E-state index in [1.54, 1.807) is 78.9 Å². The van der Waals surface area contributed by atoms with Crippen molar-refractivity contribution in [3.05, 3.63) is 247 Å². The fraction of sp³-hybridized carbons (Fsp3) is 0.0323. The number of hydrogen-bond donors (Lipinski definition) is 4. The highest BCUT2D eigenvalue weighted by molar-refractivity contribution is 7.93. The molecule has 2 heterocycles. The Labute approximate surface area is 458 Å². The lowest BCUT2D eigenvalue weighted by Crippen LogP contribution is -2.60. The summed E-state index contributed by atoms with van der Waals surface area (Å²) in [7, 11) is -11.3. The van der Waals surface area contributed by atoms with Crippen molar-refractivity contribution in [1.82, 2.24) is 19.9 Å². The van der Waals surface area contributed by atoms with Crippen molar-refractivity contribution in [1.29, 1.82) is 0 Å². The van der Waals surface area contributed by atoms with Gasteiger partial charge in [-0.15, -0.1) is 0 Å². The van der Waals surface area contributed by atoms with Crippen LogP contribution in [-0.2, 0) is 20.2 Å². The summed E-state index contributed by atoms with van der Waals surface area (Å²) in [5.41, 5.74) is -2.36. The minimum absolute atomic E-state index is 0.114. The van der Waals surface area contributed by atoms with Gasteiger partial charge in [0.05, 0.1) is 12.1 Å². The molecule has 12 rings (SSSR count). The van der Waals surface area contributed by atoms with Crippen LogP contribution in [0.25, 0.3) is 49.2 Å². The summed E-state index contributed by atoms with van der Waals surface area (Å²) < 4.78 is 106. The molecule has 80 heavy (non-hydrogen) atoms. The van der Waals surface area contributed by atoms with Crippen molar-refractivity contribution in [3.8, 4) is 46.5 Å². The average molecular weight is 1100 g/mol. The topological polar surface area (TPSA) is 221 Å². The van der Waals surface area contributed by atoms with Crippen LogP contribution in [0, 0.1) is 0 Å². The third kappa shape index (κ3) is 10.7. The molecule has 4 N–H and O–H groups in total. The van der Waals surface area contributed by atoms with Crippen molar-refractivity contribution in [2.75, 3.05) is 10.6 Å². The smallest absolute Gasteiger partial charge is 0.292 e. The van der Waals surface area contributed by atoms with Gasteiger partial charge in [0.1, 0.15) is 27.9 Å². The van der Waals surface area contributed by atoms with Crippen molar-refractivity contribution in [2.45, 2.75) is 10.9 Å². The van der Waals surface area contributed by atoms with Gasteiger partial charge in [0.25, 0.3) is 20.2 Å². The predicted molar refractivity (Wildman–Crippen MR) is 309 cm³/mol. The summed E-state index contributed by atoms with van der Waals surface area (Å²) in [6.07, 6.45) is 5.29. The first-order chi connectivity index (χ1) is 38.8. The van der Waals surface area contributed by atoms with Crippen molar-refractivity contribution in [2.24, 2.45) is 0 Å². The molecule has 11 aromatic rings. The Morgan fingerprint density at radius 2 is 0.762 bits per heavy atom. The van der Waals surface area contributed by atoms with Crippen LogP contribution in [0.2, 0.25) is 0 Å². The van der Waals surface area contributed by atoms with Crippen LogP contribution < -0.4 is 29.6 Å². The Morgan fingerprint density at radius 3 is 1.11 bits per heavy atom. The number of nitrogens with one attached hydrogen (secondary N) is 2. The van der Waals surface area contributed by atoms with E-state index in [-0.39, 0.29) is 29.1 Å². The molecule has 1 atom stereocenters. The van der Waals surface area contributed by atoms with E-state index in [1.807, 2.05) is 121 Å². The van der Waals surface area contributed by atoms with E-state index in [9.17, 15) is 25.9 Å². The first kappa shape index (κ1) is 50.8. The molecule has 0 aliphatic heterocycles. The first-order valence-corrected chi connectivity index (χ1v) is 27.8. The molecule has 1 aliphatic carbocycles. The summed E-state index contributed by atoms with van der Waals surface area (Å²) in [6.45, 7) is 0. The van der Waals surface area contributed by atoms with Gasteiger partial charge in [0.15, 0.2) is 10.9 Å². The molecule has 0 fully saturated rings. The lowest BCUT2D eigenvalue weighted by atomic mass is 9.94. The largest absolute Gasteiger partial charge is 0.438 e. The Bertz CT molecular complexity index is 4110. The van der Waals surface area contributed by atoms with Gasteiger partial charge in [-0.2, -0.15) is 36.8 Å². The zero-order chi connectivity index (χ0) is 54.8. The van der Waals surface area contributed by atoms with E-state index in [0.717, 1.165) is 43.1 Å². The SMILES string of the molecule is O=S(=O)(O)C1=C(C=Cc2ccccc2)C=CC(Nc2nc(Oc3cccc4ccccc34)cc(Oc3cccc4ccccc34)n2)(Nc2nc(Oc3cccc4ccccc34)cc(Oc3cccc4ccccc34)n2)C1S(=O)(=O)O. The Hall–Kier alpha value is -9.98. The monoisotopic (exact) mass is 1100 g/mol. The number of anilines is 2. The van der Waals surface area contributed by atoms with E-state index in [4.69, 9.17) is 38.9 Å². The first-order valence-electron chi connectivity index (χ1n) is 24.9. The zero-order valence-corrected chi connectivity index (χ0v) is 43.5. The molecule has 0 saturated heterocycles. The van der Waals surface area contributed by atoms with E-state index in [1.165, 1.54) is 36.4 Å². The number of fused-ring (bicyclic) bond motifs is 4. The van der Waals surface area contributed by atoms with Gasteiger partial charge in [-0.1, -0.05) is 194 Å². The highest BCUT2D eigenvalue weighted by Crippen LogP contribution is 2.42. The van der Waals surface area contributed by atoms with Gasteiger partial charge in [-0.3, -0.25) is 9.11 Å². The molecule has 0 radical (unpaired) electrons. The van der Waals surface area contributed by atoms with Crippen LogP contribution in [-0.4, -0.2) is 56.8 Å². The molecule has 1 unspecified atom stereocenters. The molecule has 394 valence electrons. The molecule has 0 spiro atoms. The normalized spacial score (nSPS) is 14.4. The molecule has 0 bridgehead atoms. The van der Waals surface area contributed by atoms with Crippen LogP contribution in [0.5, 0.6) is 46.5 Å². The number of benzene rings is 9. The minimum Gasteiger partial charge on any atom is -0.438 e. The van der Waals surface area contributed by atoms with Crippen LogP contribution in [0.1, 0.15) is 5.56 Å². The Kier molecular flexibility index (Phi) is 13.4. The lowest BCUT2D eigenvalue weighted by molar-refractivity contribution is 0.433. The van der Waals surface area contributed by atoms with Crippen molar-refractivity contribution in [3.63, 3.8) is 0 Å². The summed E-state index contributed by atoms with van der Waals surface area (Å²) in [5, 5.41) is 9.63. The summed E-state index contributed by atoms with van der Waals surface area (Å²) in [6, 6.07) is 63.5. The number of nitrogens with zero attached hydrogens (tertiary/aromatic N) is 4. The second-order valence-corrected chi connectivity index (χ2v) is 21.3. The number of ether oxygens (including phenoxy) is 4. The van der Waals surface area contributed by atoms with Gasteiger partial charge in [0.2, 0.25) is 35.4 Å². The number of aromatic nitrogens is 4. The van der Waals surface area contributed by atoms with Crippen LogP contribution in [0.15, 0.2) is 241 Å². The fourth-order valence-corrected chi connectivity index (χ4v) is 12.3. The van der Waals surface area contributed by atoms with Gasteiger partial charge >= 0.3 is 0 Å². The van der Waals surface area contributed by atoms with Crippen LogP contribution in [0.3, 0.4) is 0 Å². The fourth-order valence-electron chi connectivity index (χ4n) is 9.63. The highest BCUT2D eigenvalue weighted by atomic mass is 32.2. The standard InChI is InChI=1S/C62H44N6O10S2/c69-79(70,71)58-45(35-34-40-16-2-1-3-17-40)36-37-62(59(58)80(72,73)74,67-60-63-54(75-50-30-12-22-41-18-4-8-26-46(41)50)38-55(64-60)76-51-31-13-23-42-19-5-9-27-47(42)51)68-61-65-56(77-52-32-14-24-43-20-6-10-28-48(43)52)39-57(66-61)78-53-33-15-25-44-21-7-11-29-49(44)53/h1-39,59H,(H,63,64,67)(H,65,66,68)(H,69,70,71)(H,72,73,74). The van der Waals surface area contributed by atoms with E-state index >= 15 is 0 Å². The Morgan fingerprint density at radius 1 is 0.425 bits per heavy atom.